The SMILES string of the molecule is CCC1CCCC(Cc2ccccc2C=O)C1. The van der Waals surface area contributed by atoms with Crippen molar-refractivity contribution in [3.05, 3.63) is 35.4 Å². The third kappa shape index (κ3) is 3.18. The standard InChI is InChI=1S/C16H22O/c1-2-13-6-5-7-14(10-13)11-15-8-3-4-9-16(15)12-17/h3-4,8-9,12-14H,2,5-7,10-11H2,1H3. The molecule has 0 aliphatic heterocycles. The zero-order valence-electron chi connectivity index (χ0n) is 10.7. The summed E-state index contributed by atoms with van der Waals surface area (Å²) in [7, 11) is 0. The van der Waals surface area contributed by atoms with Gasteiger partial charge in [-0.05, 0) is 30.2 Å². The minimum atomic E-state index is 0.787. The number of carbonyl (C=O) groups excluding carboxylic acids is 1. The molecule has 0 amide bonds. The second-order valence-electron chi connectivity index (χ2n) is 5.33. The Morgan fingerprint density at radius 3 is 2.76 bits per heavy atom. The molecule has 17 heavy (non-hydrogen) atoms. The van der Waals surface area contributed by atoms with E-state index in [1.807, 2.05) is 18.2 Å². The van der Waals surface area contributed by atoms with Crippen molar-refractivity contribution in [1.29, 1.82) is 0 Å². The zero-order valence-corrected chi connectivity index (χ0v) is 10.7. The van der Waals surface area contributed by atoms with Crippen LogP contribution in [0.1, 0.15) is 54.9 Å². The van der Waals surface area contributed by atoms with Gasteiger partial charge in [0.1, 0.15) is 6.29 Å². The maximum atomic E-state index is 11.0. The summed E-state index contributed by atoms with van der Waals surface area (Å²) >= 11 is 0. The molecule has 1 aromatic rings. The molecule has 1 nitrogen and oxygen atoms in total. The Hall–Kier alpha value is -1.11. The Bertz CT molecular complexity index is 370. The van der Waals surface area contributed by atoms with E-state index >= 15 is 0 Å². The molecule has 1 saturated carbocycles. The van der Waals surface area contributed by atoms with Crippen LogP contribution in [0.2, 0.25) is 0 Å². The van der Waals surface area contributed by atoms with Crippen LogP contribution in [0.5, 0.6) is 0 Å². The largest absolute Gasteiger partial charge is 0.298 e. The van der Waals surface area contributed by atoms with Gasteiger partial charge in [-0.15, -0.1) is 0 Å². The Morgan fingerprint density at radius 1 is 1.24 bits per heavy atom. The highest BCUT2D eigenvalue weighted by molar-refractivity contribution is 5.77. The van der Waals surface area contributed by atoms with E-state index in [1.165, 1.54) is 37.7 Å². The molecule has 0 N–H and O–H groups in total. The lowest BCUT2D eigenvalue weighted by molar-refractivity contribution is 0.112. The molecule has 1 aromatic carbocycles. The molecule has 1 fully saturated rings. The summed E-state index contributed by atoms with van der Waals surface area (Å²) in [5.41, 5.74) is 2.12. The maximum absolute atomic E-state index is 11.0. The van der Waals surface area contributed by atoms with Gasteiger partial charge in [0.15, 0.2) is 0 Å². The highest BCUT2D eigenvalue weighted by Gasteiger charge is 2.21. The Balaban J connectivity index is 2.02. The molecule has 0 aromatic heterocycles. The second kappa shape index (κ2) is 6.00. The first-order valence-corrected chi connectivity index (χ1v) is 6.86. The van der Waals surface area contributed by atoms with Crippen LogP contribution in [-0.4, -0.2) is 6.29 Å². The minimum Gasteiger partial charge on any atom is -0.298 e. The van der Waals surface area contributed by atoms with Gasteiger partial charge in [0.25, 0.3) is 0 Å². The molecule has 2 atom stereocenters. The molecule has 92 valence electrons. The number of carbonyl (C=O) groups is 1. The average Bonchev–Trinajstić information content (AvgIpc) is 2.39. The molecule has 0 bridgehead atoms. The van der Waals surface area contributed by atoms with Crippen molar-refractivity contribution in [2.45, 2.75) is 45.4 Å². The lowest BCUT2D eigenvalue weighted by Gasteiger charge is -2.28. The third-order valence-corrected chi connectivity index (χ3v) is 4.16. The molecular formula is C16H22O. The maximum Gasteiger partial charge on any atom is 0.150 e. The van der Waals surface area contributed by atoms with E-state index in [0.29, 0.717) is 0 Å². The van der Waals surface area contributed by atoms with Crippen molar-refractivity contribution in [2.75, 3.05) is 0 Å². The van der Waals surface area contributed by atoms with Gasteiger partial charge in [-0.2, -0.15) is 0 Å². The second-order valence-corrected chi connectivity index (χ2v) is 5.33. The van der Waals surface area contributed by atoms with Crippen molar-refractivity contribution in [2.24, 2.45) is 11.8 Å². The highest BCUT2D eigenvalue weighted by atomic mass is 16.1. The summed E-state index contributed by atoms with van der Waals surface area (Å²) in [6, 6.07) is 8.03. The fourth-order valence-electron chi connectivity index (χ4n) is 3.10. The molecule has 2 rings (SSSR count). The fourth-order valence-corrected chi connectivity index (χ4v) is 3.10. The normalized spacial score (nSPS) is 24.5. The predicted octanol–water partition coefficient (Wildman–Crippen LogP) is 4.26. The molecule has 0 heterocycles. The van der Waals surface area contributed by atoms with Crippen LogP contribution in [0.4, 0.5) is 0 Å². The van der Waals surface area contributed by atoms with Gasteiger partial charge in [0.2, 0.25) is 0 Å². The molecule has 0 saturated heterocycles. The van der Waals surface area contributed by atoms with E-state index in [4.69, 9.17) is 0 Å². The molecule has 1 aliphatic rings. The van der Waals surface area contributed by atoms with Gasteiger partial charge in [-0.25, -0.2) is 0 Å². The number of rotatable bonds is 4. The molecular weight excluding hydrogens is 208 g/mol. The van der Waals surface area contributed by atoms with Gasteiger partial charge in [0.05, 0.1) is 0 Å². The number of aldehydes is 1. The van der Waals surface area contributed by atoms with Crippen molar-refractivity contribution in [3.8, 4) is 0 Å². The fraction of sp³-hybridized carbons (Fsp3) is 0.562. The monoisotopic (exact) mass is 230 g/mol. The van der Waals surface area contributed by atoms with Crippen LogP contribution in [-0.2, 0) is 6.42 Å². The quantitative estimate of drug-likeness (QED) is 0.706. The van der Waals surface area contributed by atoms with Crippen LogP contribution >= 0.6 is 0 Å². The highest BCUT2D eigenvalue weighted by Crippen LogP contribution is 2.33. The minimum absolute atomic E-state index is 0.787. The summed E-state index contributed by atoms with van der Waals surface area (Å²) in [4.78, 5) is 11.0. The van der Waals surface area contributed by atoms with Gasteiger partial charge in [-0.3, -0.25) is 4.79 Å². The topological polar surface area (TPSA) is 17.1 Å². The summed E-state index contributed by atoms with van der Waals surface area (Å²) in [5.74, 6) is 1.70. The molecule has 0 radical (unpaired) electrons. The Morgan fingerprint density at radius 2 is 2.00 bits per heavy atom. The summed E-state index contributed by atoms with van der Waals surface area (Å²) in [6.07, 6.45) is 8.86. The predicted molar refractivity (Wildman–Crippen MR) is 71.3 cm³/mol. The van der Waals surface area contributed by atoms with Gasteiger partial charge in [-0.1, -0.05) is 56.9 Å². The van der Waals surface area contributed by atoms with E-state index in [-0.39, 0.29) is 0 Å². The number of hydrogen-bond acceptors (Lipinski definition) is 1. The van der Waals surface area contributed by atoms with Gasteiger partial charge in [0, 0.05) is 5.56 Å². The van der Waals surface area contributed by atoms with Crippen LogP contribution < -0.4 is 0 Å². The van der Waals surface area contributed by atoms with Crippen LogP contribution in [0.25, 0.3) is 0 Å². The van der Waals surface area contributed by atoms with E-state index < -0.39 is 0 Å². The zero-order chi connectivity index (χ0) is 12.1. The average molecular weight is 230 g/mol. The van der Waals surface area contributed by atoms with E-state index in [1.54, 1.807) is 0 Å². The molecule has 1 aliphatic carbocycles. The summed E-state index contributed by atoms with van der Waals surface area (Å²) in [6.45, 7) is 2.30. The first kappa shape index (κ1) is 12.3. The van der Waals surface area contributed by atoms with E-state index in [2.05, 4.69) is 13.0 Å². The molecule has 0 spiro atoms. The van der Waals surface area contributed by atoms with Gasteiger partial charge < -0.3 is 0 Å². The first-order chi connectivity index (χ1) is 8.33. The van der Waals surface area contributed by atoms with Crippen molar-refractivity contribution < 1.29 is 4.79 Å². The van der Waals surface area contributed by atoms with Crippen LogP contribution in [0.3, 0.4) is 0 Å². The molecule has 2 unspecified atom stereocenters. The van der Waals surface area contributed by atoms with Gasteiger partial charge >= 0.3 is 0 Å². The van der Waals surface area contributed by atoms with Crippen molar-refractivity contribution in [3.63, 3.8) is 0 Å². The number of benzene rings is 1. The Kier molecular flexibility index (Phi) is 4.36. The lowest BCUT2D eigenvalue weighted by Crippen LogP contribution is -2.17. The number of hydrogen-bond donors (Lipinski definition) is 0. The lowest BCUT2D eigenvalue weighted by atomic mass is 9.77. The summed E-state index contributed by atoms with van der Waals surface area (Å²) in [5, 5.41) is 0. The van der Waals surface area contributed by atoms with Crippen LogP contribution in [0.15, 0.2) is 24.3 Å². The smallest absolute Gasteiger partial charge is 0.150 e. The Labute approximate surface area is 104 Å². The van der Waals surface area contributed by atoms with Crippen molar-refractivity contribution >= 4 is 6.29 Å². The first-order valence-electron chi connectivity index (χ1n) is 6.86. The van der Waals surface area contributed by atoms with E-state index in [0.717, 1.165) is 30.1 Å². The van der Waals surface area contributed by atoms with E-state index in [9.17, 15) is 4.79 Å². The van der Waals surface area contributed by atoms with Crippen LogP contribution in [0, 0.1) is 11.8 Å². The molecule has 1 heteroatoms. The van der Waals surface area contributed by atoms with Crippen molar-refractivity contribution in [1.82, 2.24) is 0 Å². The third-order valence-electron chi connectivity index (χ3n) is 4.16. The summed E-state index contributed by atoms with van der Waals surface area (Å²) < 4.78 is 0.